The molecule has 2 rings (SSSR count). The maximum atomic E-state index is 9.99. The second-order valence-electron chi connectivity index (χ2n) is 4.69. The summed E-state index contributed by atoms with van der Waals surface area (Å²) < 4.78 is 5.14. The number of benzene rings is 1. The van der Waals surface area contributed by atoms with Crippen LogP contribution in [0, 0.1) is 0 Å². The molecule has 0 amide bonds. The Morgan fingerprint density at radius 2 is 2.24 bits per heavy atom. The quantitative estimate of drug-likeness (QED) is 0.869. The van der Waals surface area contributed by atoms with Gasteiger partial charge < -0.3 is 14.7 Å². The number of para-hydroxylation sites is 1. The Bertz CT molecular complexity index is 367. The van der Waals surface area contributed by atoms with Crippen molar-refractivity contribution >= 4 is 5.69 Å². The van der Waals surface area contributed by atoms with E-state index in [0.29, 0.717) is 6.04 Å². The largest absolute Gasteiger partial charge is 0.388 e. The summed E-state index contributed by atoms with van der Waals surface area (Å²) in [6.07, 6.45) is 1.52. The fourth-order valence-electron chi connectivity index (χ4n) is 2.47. The minimum atomic E-state index is -0.308. The van der Waals surface area contributed by atoms with Crippen molar-refractivity contribution in [3.05, 3.63) is 29.8 Å². The van der Waals surface area contributed by atoms with Crippen LogP contribution in [0.2, 0.25) is 0 Å². The fraction of sp³-hybridized carbons (Fsp3) is 0.571. The second-order valence-corrected chi connectivity index (χ2v) is 4.69. The lowest BCUT2D eigenvalue weighted by molar-refractivity contribution is 0.159. The van der Waals surface area contributed by atoms with Crippen molar-refractivity contribution < 1.29 is 9.84 Å². The fourth-order valence-corrected chi connectivity index (χ4v) is 2.47. The standard InChI is InChI=1S/C14H21NO2/c1-11(8-10-17-2)15-9-7-14(16)12-5-3-4-6-13(12)15/h3-6,11,14,16H,7-10H2,1-2H3. The van der Waals surface area contributed by atoms with E-state index in [0.717, 1.165) is 31.6 Å². The molecule has 2 unspecified atom stereocenters. The highest BCUT2D eigenvalue weighted by molar-refractivity contribution is 5.57. The van der Waals surface area contributed by atoms with Crippen LogP contribution < -0.4 is 4.90 Å². The molecule has 94 valence electrons. The van der Waals surface area contributed by atoms with E-state index in [9.17, 15) is 5.11 Å². The van der Waals surface area contributed by atoms with Crippen LogP contribution in [0.3, 0.4) is 0 Å². The highest BCUT2D eigenvalue weighted by atomic mass is 16.5. The van der Waals surface area contributed by atoms with Crippen LogP contribution in [0.1, 0.15) is 31.4 Å². The van der Waals surface area contributed by atoms with Gasteiger partial charge in [0.25, 0.3) is 0 Å². The molecule has 1 aromatic carbocycles. The van der Waals surface area contributed by atoms with E-state index >= 15 is 0 Å². The summed E-state index contributed by atoms with van der Waals surface area (Å²) in [4.78, 5) is 2.38. The molecule has 17 heavy (non-hydrogen) atoms. The Balaban J connectivity index is 2.18. The highest BCUT2D eigenvalue weighted by Gasteiger charge is 2.25. The topological polar surface area (TPSA) is 32.7 Å². The van der Waals surface area contributed by atoms with Gasteiger partial charge in [0.15, 0.2) is 0 Å². The first kappa shape index (κ1) is 12.4. The third kappa shape index (κ3) is 2.61. The van der Waals surface area contributed by atoms with Crippen molar-refractivity contribution in [1.29, 1.82) is 0 Å². The number of ether oxygens (including phenoxy) is 1. The molecule has 0 saturated carbocycles. The van der Waals surface area contributed by atoms with E-state index in [1.165, 1.54) is 5.69 Å². The van der Waals surface area contributed by atoms with E-state index < -0.39 is 0 Å². The van der Waals surface area contributed by atoms with Crippen LogP contribution in [0.5, 0.6) is 0 Å². The van der Waals surface area contributed by atoms with Gasteiger partial charge >= 0.3 is 0 Å². The van der Waals surface area contributed by atoms with E-state index in [1.807, 2.05) is 18.2 Å². The maximum absolute atomic E-state index is 9.99. The van der Waals surface area contributed by atoms with Crippen molar-refractivity contribution in [1.82, 2.24) is 0 Å². The predicted molar refractivity (Wildman–Crippen MR) is 69.3 cm³/mol. The first-order valence-corrected chi connectivity index (χ1v) is 6.26. The number of methoxy groups -OCH3 is 1. The SMILES string of the molecule is COCCC(C)N1CCC(O)c2ccccc21. The Kier molecular flexibility index (Phi) is 4.02. The second kappa shape index (κ2) is 5.52. The van der Waals surface area contributed by atoms with Gasteiger partial charge in [-0.25, -0.2) is 0 Å². The maximum Gasteiger partial charge on any atom is 0.0826 e. The van der Waals surface area contributed by atoms with Gasteiger partial charge in [-0.3, -0.25) is 0 Å². The monoisotopic (exact) mass is 235 g/mol. The Morgan fingerprint density at radius 1 is 1.47 bits per heavy atom. The molecule has 1 heterocycles. The molecular weight excluding hydrogens is 214 g/mol. The smallest absolute Gasteiger partial charge is 0.0826 e. The summed E-state index contributed by atoms with van der Waals surface area (Å²) in [5, 5.41) is 9.99. The van der Waals surface area contributed by atoms with Crippen molar-refractivity contribution in [2.24, 2.45) is 0 Å². The van der Waals surface area contributed by atoms with Crippen LogP contribution in [0.25, 0.3) is 0 Å². The number of anilines is 1. The zero-order valence-corrected chi connectivity index (χ0v) is 10.6. The summed E-state index contributed by atoms with van der Waals surface area (Å²) in [7, 11) is 1.74. The average Bonchev–Trinajstić information content (AvgIpc) is 2.37. The van der Waals surface area contributed by atoms with Gasteiger partial charge in [0.05, 0.1) is 6.10 Å². The summed E-state index contributed by atoms with van der Waals surface area (Å²) in [6.45, 7) is 3.92. The van der Waals surface area contributed by atoms with Crippen LogP contribution >= 0.6 is 0 Å². The molecule has 1 aliphatic rings. The highest BCUT2D eigenvalue weighted by Crippen LogP contribution is 2.34. The molecule has 3 nitrogen and oxygen atoms in total. The Morgan fingerprint density at radius 3 is 3.00 bits per heavy atom. The molecule has 0 aromatic heterocycles. The van der Waals surface area contributed by atoms with Gasteiger partial charge in [-0.1, -0.05) is 18.2 Å². The summed E-state index contributed by atoms with van der Waals surface area (Å²) in [6, 6.07) is 8.60. The summed E-state index contributed by atoms with van der Waals surface area (Å²) >= 11 is 0. The molecule has 1 aromatic rings. The third-order valence-corrected chi connectivity index (χ3v) is 3.52. The molecule has 1 aliphatic heterocycles. The van der Waals surface area contributed by atoms with E-state index in [-0.39, 0.29) is 6.10 Å². The molecule has 3 heteroatoms. The van der Waals surface area contributed by atoms with Gasteiger partial charge in [0.2, 0.25) is 0 Å². The number of hydrogen-bond acceptors (Lipinski definition) is 3. The van der Waals surface area contributed by atoms with Crippen LogP contribution in [0.4, 0.5) is 5.69 Å². The summed E-state index contributed by atoms with van der Waals surface area (Å²) in [5.74, 6) is 0. The van der Waals surface area contributed by atoms with Gasteiger partial charge in [-0.05, 0) is 25.8 Å². The zero-order valence-electron chi connectivity index (χ0n) is 10.6. The number of rotatable bonds is 4. The first-order chi connectivity index (χ1) is 8.24. The van der Waals surface area contributed by atoms with Gasteiger partial charge in [-0.2, -0.15) is 0 Å². The number of aliphatic hydroxyl groups is 1. The number of nitrogens with zero attached hydrogens (tertiary/aromatic N) is 1. The molecular formula is C14H21NO2. The zero-order chi connectivity index (χ0) is 12.3. The van der Waals surface area contributed by atoms with Crippen LogP contribution in [-0.2, 0) is 4.74 Å². The van der Waals surface area contributed by atoms with E-state index in [1.54, 1.807) is 7.11 Å². The molecule has 0 aliphatic carbocycles. The molecule has 0 spiro atoms. The number of fused-ring (bicyclic) bond motifs is 1. The van der Waals surface area contributed by atoms with Gasteiger partial charge in [0, 0.05) is 37.6 Å². The summed E-state index contributed by atoms with van der Waals surface area (Å²) in [5.41, 5.74) is 2.23. The van der Waals surface area contributed by atoms with E-state index in [2.05, 4.69) is 17.9 Å². The predicted octanol–water partition coefficient (Wildman–Crippen LogP) is 2.36. The molecule has 0 fully saturated rings. The molecule has 1 N–H and O–H groups in total. The van der Waals surface area contributed by atoms with Crippen LogP contribution in [0.15, 0.2) is 24.3 Å². The molecule has 0 radical (unpaired) electrons. The first-order valence-electron chi connectivity index (χ1n) is 6.26. The minimum Gasteiger partial charge on any atom is -0.388 e. The van der Waals surface area contributed by atoms with Crippen molar-refractivity contribution in [3.63, 3.8) is 0 Å². The normalized spacial score (nSPS) is 21.1. The molecule has 2 atom stereocenters. The Labute approximate surface area is 103 Å². The van der Waals surface area contributed by atoms with Crippen molar-refractivity contribution in [2.45, 2.75) is 31.9 Å². The lowest BCUT2D eigenvalue weighted by Gasteiger charge is -2.38. The van der Waals surface area contributed by atoms with Crippen LogP contribution in [-0.4, -0.2) is 31.4 Å². The van der Waals surface area contributed by atoms with E-state index in [4.69, 9.17) is 4.74 Å². The number of hydrogen-bond donors (Lipinski definition) is 1. The number of aliphatic hydroxyl groups excluding tert-OH is 1. The minimum absolute atomic E-state index is 0.308. The molecule has 0 saturated heterocycles. The van der Waals surface area contributed by atoms with Crippen molar-refractivity contribution in [2.75, 3.05) is 25.2 Å². The van der Waals surface area contributed by atoms with Gasteiger partial charge in [0.1, 0.15) is 0 Å². The van der Waals surface area contributed by atoms with Gasteiger partial charge in [-0.15, -0.1) is 0 Å². The average molecular weight is 235 g/mol. The third-order valence-electron chi connectivity index (χ3n) is 3.52. The lowest BCUT2D eigenvalue weighted by Crippen LogP contribution is -2.38. The van der Waals surface area contributed by atoms with Crippen molar-refractivity contribution in [3.8, 4) is 0 Å². The molecule has 0 bridgehead atoms. The lowest BCUT2D eigenvalue weighted by atomic mass is 9.97. The Hall–Kier alpha value is -1.06.